The monoisotopic (exact) mass is 492 g/mol. The fraction of sp³-hybridized carbons (Fsp3) is 0.174. The molecule has 0 spiro atoms. The first-order chi connectivity index (χ1) is 15.2. The average Bonchev–Trinajstić information content (AvgIpc) is 2.76. The van der Waals surface area contributed by atoms with Crippen molar-refractivity contribution in [2.24, 2.45) is 0 Å². The molecule has 0 saturated carbocycles. The van der Waals surface area contributed by atoms with Gasteiger partial charge < -0.3 is 10.1 Å². The highest BCUT2D eigenvalue weighted by Crippen LogP contribution is 2.28. The highest BCUT2D eigenvalue weighted by Gasteiger charge is 2.21. The van der Waals surface area contributed by atoms with Crippen molar-refractivity contribution >= 4 is 44.8 Å². The number of hydrogen-bond donors (Lipinski definition) is 1. The van der Waals surface area contributed by atoms with Crippen molar-refractivity contribution in [3.05, 3.63) is 88.4 Å². The minimum atomic E-state index is -3.68. The van der Waals surface area contributed by atoms with Crippen molar-refractivity contribution < 1.29 is 17.9 Å². The van der Waals surface area contributed by atoms with Gasteiger partial charge >= 0.3 is 0 Å². The zero-order chi connectivity index (χ0) is 23.3. The van der Waals surface area contributed by atoms with E-state index in [9.17, 15) is 13.2 Å². The maximum Gasteiger partial charge on any atom is 0.265 e. The van der Waals surface area contributed by atoms with Crippen LogP contribution in [0.15, 0.2) is 77.7 Å². The first-order valence-corrected chi connectivity index (χ1v) is 11.9. The number of carbonyl (C=O) groups excluding carboxylic acids is 1. The molecule has 1 N–H and O–H groups in total. The molecule has 3 rings (SSSR count). The molecule has 0 aliphatic rings. The van der Waals surface area contributed by atoms with Gasteiger partial charge in [0, 0.05) is 24.3 Å². The molecule has 3 aromatic rings. The summed E-state index contributed by atoms with van der Waals surface area (Å²) in [6, 6.07) is 20.0. The number of rotatable bonds is 8. The fourth-order valence-electron chi connectivity index (χ4n) is 2.87. The third-order valence-corrected chi connectivity index (χ3v) is 6.99. The van der Waals surface area contributed by atoms with Crippen molar-refractivity contribution in [3.8, 4) is 5.75 Å². The van der Waals surface area contributed by atoms with Gasteiger partial charge in [-0.2, -0.15) is 4.31 Å². The van der Waals surface area contributed by atoms with Gasteiger partial charge in [-0.3, -0.25) is 4.79 Å². The Balaban J connectivity index is 1.63. The summed E-state index contributed by atoms with van der Waals surface area (Å²) in [6.45, 7) is 1.83. The Hall–Kier alpha value is -2.58. The summed E-state index contributed by atoms with van der Waals surface area (Å²) in [7, 11) is -2.15. The fourth-order valence-corrected chi connectivity index (χ4v) is 4.49. The number of sulfonamides is 1. The van der Waals surface area contributed by atoms with E-state index < -0.39 is 22.0 Å². The molecule has 6 nitrogen and oxygen atoms in total. The average molecular weight is 493 g/mol. The van der Waals surface area contributed by atoms with Crippen LogP contribution < -0.4 is 10.1 Å². The summed E-state index contributed by atoms with van der Waals surface area (Å²) < 4.78 is 32.5. The smallest absolute Gasteiger partial charge is 0.265 e. The summed E-state index contributed by atoms with van der Waals surface area (Å²) in [5, 5.41) is 3.46. The molecular weight excluding hydrogens is 471 g/mol. The molecule has 0 aliphatic carbocycles. The summed E-state index contributed by atoms with van der Waals surface area (Å²) in [4.78, 5) is 12.6. The normalized spacial score (nSPS) is 12.4. The van der Waals surface area contributed by atoms with Crippen molar-refractivity contribution in [2.75, 3.05) is 12.4 Å². The molecular formula is C23H22Cl2N2O4S. The first-order valence-electron chi connectivity index (χ1n) is 9.70. The van der Waals surface area contributed by atoms with E-state index in [0.717, 1.165) is 5.56 Å². The molecule has 1 atom stereocenters. The summed E-state index contributed by atoms with van der Waals surface area (Å²) in [6.07, 6.45) is -0.839. The van der Waals surface area contributed by atoms with E-state index >= 15 is 0 Å². The molecule has 168 valence electrons. The van der Waals surface area contributed by atoms with E-state index in [0.29, 0.717) is 21.5 Å². The number of nitrogens with one attached hydrogen (secondary N) is 1. The second-order valence-electron chi connectivity index (χ2n) is 7.10. The van der Waals surface area contributed by atoms with Crippen LogP contribution >= 0.6 is 23.2 Å². The van der Waals surface area contributed by atoms with Crippen molar-refractivity contribution in [1.82, 2.24) is 4.31 Å². The number of halogens is 2. The van der Waals surface area contributed by atoms with Gasteiger partial charge in [0.05, 0.1) is 9.92 Å². The van der Waals surface area contributed by atoms with E-state index in [4.69, 9.17) is 27.9 Å². The van der Waals surface area contributed by atoms with Gasteiger partial charge in [-0.25, -0.2) is 8.42 Å². The number of carbonyl (C=O) groups is 1. The quantitative estimate of drug-likeness (QED) is 0.467. The van der Waals surface area contributed by atoms with Gasteiger partial charge in [-0.15, -0.1) is 0 Å². The molecule has 1 unspecified atom stereocenters. The molecule has 1 amide bonds. The molecule has 0 bridgehead atoms. The SMILES string of the molecule is CC(Oc1ccc(Cl)cc1Cl)C(=O)Nc1ccc(S(=O)(=O)N(C)Cc2ccccc2)cc1. The van der Waals surface area contributed by atoms with E-state index in [2.05, 4.69) is 5.32 Å². The minimum Gasteiger partial charge on any atom is -0.479 e. The molecule has 9 heteroatoms. The second kappa shape index (κ2) is 10.4. The van der Waals surface area contributed by atoms with Crippen LogP contribution in [0, 0.1) is 0 Å². The number of anilines is 1. The Morgan fingerprint density at radius 3 is 2.31 bits per heavy atom. The van der Waals surface area contributed by atoms with Crippen LogP contribution in [0.5, 0.6) is 5.75 Å². The van der Waals surface area contributed by atoms with Gasteiger partial charge in [-0.05, 0) is 55.0 Å². The molecule has 3 aromatic carbocycles. The van der Waals surface area contributed by atoms with Gasteiger partial charge in [0.1, 0.15) is 5.75 Å². The molecule has 0 fully saturated rings. The zero-order valence-electron chi connectivity index (χ0n) is 17.5. The van der Waals surface area contributed by atoms with Crippen molar-refractivity contribution in [1.29, 1.82) is 0 Å². The Kier molecular flexibility index (Phi) is 7.79. The number of amides is 1. The van der Waals surface area contributed by atoms with Gasteiger partial charge in [0.2, 0.25) is 10.0 Å². The number of ether oxygens (including phenoxy) is 1. The number of benzene rings is 3. The lowest BCUT2D eigenvalue weighted by atomic mass is 10.2. The Morgan fingerprint density at radius 2 is 1.69 bits per heavy atom. The van der Waals surface area contributed by atoms with Crippen LogP contribution in [0.2, 0.25) is 10.0 Å². The maximum absolute atomic E-state index is 12.8. The summed E-state index contributed by atoms with van der Waals surface area (Å²) >= 11 is 11.9. The van der Waals surface area contributed by atoms with Crippen molar-refractivity contribution in [3.63, 3.8) is 0 Å². The second-order valence-corrected chi connectivity index (χ2v) is 9.98. The van der Waals surface area contributed by atoms with Crippen molar-refractivity contribution in [2.45, 2.75) is 24.5 Å². The number of hydrogen-bond acceptors (Lipinski definition) is 4. The Morgan fingerprint density at radius 1 is 1.03 bits per heavy atom. The largest absolute Gasteiger partial charge is 0.479 e. The lowest BCUT2D eigenvalue weighted by Gasteiger charge is -2.18. The lowest BCUT2D eigenvalue weighted by Crippen LogP contribution is -2.30. The lowest BCUT2D eigenvalue weighted by molar-refractivity contribution is -0.122. The third-order valence-electron chi connectivity index (χ3n) is 4.64. The topological polar surface area (TPSA) is 75.7 Å². The van der Waals surface area contributed by atoms with E-state index in [1.54, 1.807) is 19.1 Å². The van der Waals surface area contributed by atoms with E-state index in [-0.39, 0.29) is 11.4 Å². The van der Waals surface area contributed by atoms with Crippen LogP contribution in [0.3, 0.4) is 0 Å². The first kappa shape index (κ1) is 24.1. The zero-order valence-corrected chi connectivity index (χ0v) is 19.8. The Bertz CT molecular complexity index is 1190. The Labute approximate surface area is 197 Å². The standard InChI is InChI=1S/C23H22Cl2N2O4S/c1-16(31-22-13-8-18(24)14-21(22)25)23(28)26-19-9-11-20(12-10-19)32(29,30)27(2)15-17-6-4-3-5-7-17/h3-14,16H,15H2,1-2H3,(H,26,28). The third kappa shape index (κ3) is 6.01. The van der Waals surface area contributed by atoms with Gasteiger partial charge in [0.15, 0.2) is 6.10 Å². The predicted molar refractivity (Wildman–Crippen MR) is 127 cm³/mol. The van der Waals surface area contributed by atoms with Crippen LogP contribution in [-0.2, 0) is 21.4 Å². The predicted octanol–water partition coefficient (Wildman–Crippen LogP) is 5.22. The van der Waals surface area contributed by atoms with Gasteiger partial charge in [0.25, 0.3) is 5.91 Å². The number of nitrogens with zero attached hydrogens (tertiary/aromatic N) is 1. The van der Waals surface area contributed by atoms with Crippen LogP contribution in [0.4, 0.5) is 5.69 Å². The van der Waals surface area contributed by atoms with E-state index in [1.807, 2.05) is 30.3 Å². The van der Waals surface area contributed by atoms with Crippen LogP contribution in [0.25, 0.3) is 0 Å². The summed E-state index contributed by atoms with van der Waals surface area (Å²) in [5.41, 5.74) is 1.33. The molecule has 0 saturated heterocycles. The molecule has 0 aliphatic heterocycles. The molecule has 0 heterocycles. The van der Waals surface area contributed by atoms with Gasteiger partial charge in [-0.1, -0.05) is 53.5 Å². The van der Waals surface area contributed by atoms with E-state index in [1.165, 1.54) is 41.7 Å². The van der Waals surface area contributed by atoms with Crippen LogP contribution in [-0.4, -0.2) is 31.8 Å². The minimum absolute atomic E-state index is 0.131. The molecule has 32 heavy (non-hydrogen) atoms. The highest BCUT2D eigenvalue weighted by atomic mass is 35.5. The van der Waals surface area contributed by atoms with Crippen LogP contribution in [0.1, 0.15) is 12.5 Å². The molecule has 0 radical (unpaired) electrons. The summed E-state index contributed by atoms with van der Waals surface area (Å²) in [5.74, 6) is -0.0746. The highest BCUT2D eigenvalue weighted by molar-refractivity contribution is 7.89. The molecule has 0 aromatic heterocycles. The maximum atomic E-state index is 12.8.